The molecule has 5 rings (SSSR count). The molecule has 0 aromatic heterocycles. The molecule has 0 unspecified atom stereocenters. The summed E-state index contributed by atoms with van der Waals surface area (Å²) in [6, 6.07) is 24.2. The summed E-state index contributed by atoms with van der Waals surface area (Å²) in [5, 5.41) is 8.84. The van der Waals surface area contributed by atoms with Gasteiger partial charge >= 0.3 is 0 Å². The number of nitrogens with one attached hydrogen (secondary N) is 2. The molecule has 33 heavy (non-hydrogen) atoms. The Morgan fingerprint density at radius 2 is 1.33 bits per heavy atom. The van der Waals surface area contributed by atoms with E-state index in [0.29, 0.717) is 19.9 Å². The van der Waals surface area contributed by atoms with Gasteiger partial charge in [0.15, 0.2) is 0 Å². The van der Waals surface area contributed by atoms with E-state index in [4.69, 9.17) is 9.47 Å². The average molecular weight is 439 g/mol. The van der Waals surface area contributed by atoms with Gasteiger partial charge in [-0.1, -0.05) is 73.8 Å². The van der Waals surface area contributed by atoms with Crippen molar-refractivity contribution in [3.63, 3.8) is 0 Å². The summed E-state index contributed by atoms with van der Waals surface area (Å²) < 4.78 is 12.1. The Bertz CT molecular complexity index is 1220. The van der Waals surface area contributed by atoms with Crippen LogP contribution >= 0.6 is 0 Å². The lowest BCUT2D eigenvalue weighted by atomic mass is 10.1. The lowest BCUT2D eigenvalue weighted by Gasteiger charge is -2.21. The summed E-state index contributed by atoms with van der Waals surface area (Å²) in [5.41, 5.74) is 4.31. The van der Waals surface area contributed by atoms with Gasteiger partial charge < -0.3 is 20.1 Å². The fourth-order valence-electron chi connectivity index (χ4n) is 3.61. The van der Waals surface area contributed by atoms with Crippen LogP contribution in [0.5, 0.6) is 5.75 Å². The molecule has 1 heterocycles. The number of benzene rings is 3. The fourth-order valence-corrected chi connectivity index (χ4v) is 3.61. The number of hydrogen-bond acceptors (Lipinski definition) is 4. The van der Waals surface area contributed by atoms with Crippen LogP contribution in [-0.4, -0.2) is 6.67 Å². The molecule has 0 amide bonds. The first-order valence-electron chi connectivity index (χ1n) is 11.2. The first kappa shape index (κ1) is 22.3. The summed E-state index contributed by atoms with van der Waals surface area (Å²) in [6.45, 7) is 9.22. The third kappa shape index (κ3) is 6.30. The van der Waals surface area contributed by atoms with Crippen molar-refractivity contribution >= 4 is 18.8 Å². The predicted molar refractivity (Wildman–Crippen MR) is 136 cm³/mol. The van der Waals surface area contributed by atoms with E-state index < -0.39 is 0 Å². The largest absolute Gasteiger partial charge is 0.487 e. The first-order chi connectivity index (χ1) is 16.2. The fraction of sp³-hybridized carbons (Fsp3) is 0.172. The molecule has 2 N–H and O–H groups in total. The summed E-state index contributed by atoms with van der Waals surface area (Å²) in [7, 11) is 0. The molecule has 1 aliphatic heterocycles. The van der Waals surface area contributed by atoms with Crippen LogP contribution in [-0.2, 0) is 18.0 Å². The molecule has 2 bridgehead atoms. The summed E-state index contributed by atoms with van der Waals surface area (Å²) >= 11 is 0. The van der Waals surface area contributed by atoms with Crippen molar-refractivity contribution in [3.05, 3.63) is 118 Å². The van der Waals surface area contributed by atoms with Crippen LogP contribution in [0.1, 0.15) is 24.0 Å². The van der Waals surface area contributed by atoms with Crippen LogP contribution in [0.25, 0.3) is 13.2 Å². The van der Waals surface area contributed by atoms with E-state index in [9.17, 15) is 0 Å². The third-order valence-electron chi connectivity index (χ3n) is 5.45. The molecule has 3 aromatic rings. The van der Waals surface area contributed by atoms with Crippen molar-refractivity contribution < 1.29 is 9.47 Å². The molecule has 0 saturated heterocycles. The lowest BCUT2D eigenvalue weighted by Crippen LogP contribution is -2.24. The van der Waals surface area contributed by atoms with Gasteiger partial charge in [-0.25, -0.2) is 0 Å². The molecule has 0 spiro atoms. The van der Waals surface area contributed by atoms with E-state index in [1.54, 1.807) is 0 Å². The number of ether oxygens (including phenoxy) is 2. The summed E-state index contributed by atoms with van der Waals surface area (Å²) in [4.78, 5) is 0. The maximum absolute atomic E-state index is 6.06. The van der Waals surface area contributed by atoms with E-state index in [1.807, 2.05) is 48.5 Å². The zero-order valence-corrected chi connectivity index (χ0v) is 18.8. The minimum absolute atomic E-state index is 0.536. The van der Waals surface area contributed by atoms with Crippen LogP contribution in [0, 0.1) is 0 Å². The molecule has 4 nitrogen and oxygen atoms in total. The average Bonchev–Trinajstić information content (AvgIpc) is 2.85. The van der Waals surface area contributed by atoms with Gasteiger partial charge in [-0.05, 0) is 58.7 Å². The maximum Gasteiger partial charge on any atom is 0.142 e. The molecule has 168 valence electrons. The van der Waals surface area contributed by atoms with Gasteiger partial charge in [-0.3, -0.25) is 0 Å². The first-order valence-corrected chi connectivity index (χ1v) is 11.2. The van der Waals surface area contributed by atoms with Crippen LogP contribution in [0.3, 0.4) is 0 Å². The molecule has 0 atom stereocenters. The van der Waals surface area contributed by atoms with E-state index in [-0.39, 0.29) is 0 Å². The highest BCUT2D eigenvalue weighted by atomic mass is 16.5. The Kier molecular flexibility index (Phi) is 7.49. The van der Waals surface area contributed by atoms with Crippen LogP contribution < -0.4 is 25.8 Å². The summed E-state index contributed by atoms with van der Waals surface area (Å²) in [6.07, 6.45) is 6.41. The standard InChI is InChI=1S/C21H22N2O2.C8H8/c1-3-10-20-18(8-1)22-15-23-19-9-2-4-11-21(19)25-14-17-7-5-6-16(12-17)13-24-20;1-7-5-3-4-6-8(7)2/h1,3,5-12,22-23H,2,4,13-15H2;3-6H,1-2H2. The van der Waals surface area contributed by atoms with Crippen LogP contribution in [0.15, 0.2) is 96.4 Å². The molecule has 0 saturated carbocycles. The topological polar surface area (TPSA) is 42.5 Å². The summed E-state index contributed by atoms with van der Waals surface area (Å²) in [5.74, 6) is 1.79. The second kappa shape index (κ2) is 11.1. The molecular weight excluding hydrogens is 408 g/mol. The van der Waals surface area contributed by atoms with Crippen LogP contribution in [0.4, 0.5) is 5.69 Å². The molecule has 0 radical (unpaired) electrons. The smallest absolute Gasteiger partial charge is 0.142 e. The number of anilines is 1. The van der Waals surface area contributed by atoms with Crippen molar-refractivity contribution in [2.45, 2.75) is 26.1 Å². The number of rotatable bonds is 0. The van der Waals surface area contributed by atoms with Gasteiger partial charge in [0.1, 0.15) is 24.7 Å². The van der Waals surface area contributed by atoms with E-state index in [0.717, 1.165) is 57.3 Å². The molecule has 0 fully saturated rings. The van der Waals surface area contributed by atoms with Gasteiger partial charge in [0, 0.05) is 0 Å². The minimum atomic E-state index is 0.536. The molecular formula is C29H30N2O2. The Labute approximate surface area is 195 Å². The highest BCUT2D eigenvalue weighted by Gasteiger charge is 2.12. The van der Waals surface area contributed by atoms with Crippen molar-refractivity contribution in [2.75, 3.05) is 12.0 Å². The lowest BCUT2D eigenvalue weighted by molar-refractivity contribution is 0.200. The molecule has 4 heteroatoms. The minimum Gasteiger partial charge on any atom is -0.487 e. The highest BCUT2D eigenvalue weighted by molar-refractivity contribution is 5.56. The SMILES string of the molecule is C1=C2NCNc3ccccc3OCc3cccc(c3)COC2=CCC1.C=c1ccccc1=C. The Hall–Kier alpha value is -3.92. The number of para-hydroxylation sites is 2. The van der Waals surface area contributed by atoms with E-state index in [1.165, 1.54) is 0 Å². The zero-order valence-electron chi connectivity index (χ0n) is 18.8. The van der Waals surface area contributed by atoms with Crippen molar-refractivity contribution in [1.82, 2.24) is 5.32 Å². The van der Waals surface area contributed by atoms with Crippen molar-refractivity contribution in [2.24, 2.45) is 0 Å². The van der Waals surface area contributed by atoms with Crippen LogP contribution in [0.2, 0.25) is 0 Å². The third-order valence-corrected chi connectivity index (χ3v) is 5.45. The molecule has 1 aliphatic carbocycles. The predicted octanol–water partition coefficient (Wildman–Crippen LogP) is 4.82. The Morgan fingerprint density at radius 1 is 0.667 bits per heavy atom. The van der Waals surface area contributed by atoms with Gasteiger partial charge in [0.25, 0.3) is 0 Å². The zero-order chi connectivity index (χ0) is 22.9. The second-order valence-corrected chi connectivity index (χ2v) is 7.96. The Morgan fingerprint density at radius 3 is 2.09 bits per heavy atom. The Balaban J connectivity index is 0.000000275. The van der Waals surface area contributed by atoms with Crippen molar-refractivity contribution in [3.8, 4) is 5.75 Å². The van der Waals surface area contributed by atoms with Gasteiger partial charge in [0.05, 0.1) is 18.1 Å². The quantitative estimate of drug-likeness (QED) is 0.528. The van der Waals surface area contributed by atoms with Gasteiger partial charge in [-0.2, -0.15) is 0 Å². The monoisotopic (exact) mass is 438 g/mol. The molecule has 2 aliphatic rings. The van der Waals surface area contributed by atoms with Gasteiger partial charge in [0.2, 0.25) is 0 Å². The second-order valence-electron chi connectivity index (χ2n) is 7.96. The number of hydrogen-bond donors (Lipinski definition) is 2. The highest BCUT2D eigenvalue weighted by Crippen LogP contribution is 2.26. The molecule has 3 aromatic carbocycles. The normalized spacial score (nSPS) is 15.0. The van der Waals surface area contributed by atoms with Crippen molar-refractivity contribution in [1.29, 1.82) is 0 Å². The number of fused-ring (bicyclic) bond motifs is 4. The van der Waals surface area contributed by atoms with E-state index >= 15 is 0 Å². The van der Waals surface area contributed by atoms with Gasteiger partial charge in [-0.15, -0.1) is 0 Å². The van der Waals surface area contributed by atoms with E-state index in [2.05, 4.69) is 60.2 Å². The maximum atomic E-state index is 6.06. The number of allylic oxidation sites excluding steroid dienone is 2.